The van der Waals surface area contributed by atoms with Gasteiger partial charge in [0, 0.05) is 40.6 Å². The number of benzene rings is 4. The molecule has 0 fully saturated rings. The number of pyridine rings is 1. The summed E-state index contributed by atoms with van der Waals surface area (Å²) in [5, 5.41) is 13.5. The third-order valence-electron chi connectivity index (χ3n) is 8.00. The second-order valence-corrected chi connectivity index (χ2v) is 13.4. The van der Waals surface area contributed by atoms with Crippen LogP contribution in [0.2, 0.25) is 10.0 Å². The summed E-state index contributed by atoms with van der Waals surface area (Å²) < 4.78 is 30.6. The van der Waals surface area contributed by atoms with Gasteiger partial charge in [-0.2, -0.15) is 0 Å². The molecule has 6 aromatic rings. The molecule has 4 aromatic carbocycles. The number of nitrogens with zero attached hydrogens (tertiary/aromatic N) is 1. The highest BCUT2D eigenvalue weighted by Gasteiger charge is 2.30. The number of sulfonamides is 1. The lowest BCUT2D eigenvalue weighted by Gasteiger charge is -2.22. The maximum atomic E-state index is 14.0. The Bertz CT molecular complexity index is 2210. The summed E-state index contributed by atoms with van der Waals surface area (Å²) in [6.07, 6.45) is 0.285. The zero-order chi connectivity index (χ0) is 31.2. The molecule has 0 saturated carbocycles. The smallest absolute Gasteiger partial charge is 0.258 e. The zero-order valence-electron chi connectivity index (χ0n) is 23.9. The quantitative estimate of drug-likeness (QED) is 0.165. The normalized spacial score (nSPS) is 12.6. The minimum atomic E-state index is -3.98. The summed E-state index contributed by atoms with van der Waals surface area (Å²) >= 11 is 12.3. The summed E-state index contributed by atoms with van der Waals surface area (Å²) in [5.41, 5.74) is 4.71. The molecule has 0 spiro atoms. The maximum absolute atomic E-state index is 14.0. The lowest BCUT2D eigenvalue weighted by atomic mass is 9.85. The highest BCUT2D eigenvalue weighted by atomic mass is 35.5. The highest BCUT2D eigenvalue weighted by Crippen LogP contribution is 2.41. The number of hydrogen-bond donors (Lipinski definition) is 3. The third-order valence-corrected chi connectivity index (χ3v) is 10.2. The minimum absolute atomic E-state index is 0.0440. The van der Waals surface area contributed by atoms with Crippen molar-refractivity contribution in [2.45, 2.75) is 24.2 Å². The molecule has 1 atom stereocenters. The van der Waals surface area contributed by atoms with Crippen LogP contribution in [0.3, 0.4) is 0 Å². The molecule has 7 nitrogen and oxygen atoms in total. The van der Waals surface area contributed by atoms with Gasteiger partial charge < -0.3 is 14.7 Å². The predicted octanol–water partition coefficient (Wildman–Crippen LogP) is 7.04. The van der Waals surface area contributed by atoms with Crippen molar-refractivity contribution >= 4 is 55.0 Å². The molecule has 10 heteroatoms. The van der Waals surface area contributed by atoms with Crippen molar-refractivity contribution in [3.05, 3.63) is 139 Å². The summed E-state index contributed by atoms with van der Waals surface area (Å²) in [6, 6.07) is 27.1. The predicted molar refractivity (Wildman–Crippen MR) is 177 cm³/mol. The molecule has 44 heavy (non-hydrogen) atoms. The number of aromatic nitrogens is 2. The lowest BCUT2D eigenvalue weighted by Crippen LogP contribution is -2.27. The van der Waals surface area contributed by atoms with E-state index in [-0.39, 0.29) is 44.8 Å². The molecular weight excluding hydrogens is 617 g/mol. The number of aromatic hydroxyl groups is 1. The van der Waals surface area contributed by atoms with E-state index in [2.05, 4.69) is 9.71 Å². The van der Waals surface area contributed by atoms with Crippen LogP contribution in [0.15, 0.2) is 101 Å². The van der Waals surface area contributed by atoms with Crippen LogP contribution in [0.5, 0.6) is 5.75 Å². The molecule has 2 heterocycles. The van der Waals surface area contributed by atoms with Crippen molar-refractivity contribution in [3.63, 3.8) is 0 Å². The number of H-pyrrole nitrogens is 1. The van der Waals surface area contributed by atoms with Crippen LogP contribution in [-0.4, -0.2) is 29.6 Å². The molecule has 0 saturated heterocycles. The minimum Gasteiger partial charge on any atom is -0.507 e. The molecule has 2 aromatic heterocycles. The Morgan fingerprint density at radius 3 is 2.36 bits per heavy atom. The summed E-state index contributed by atoms with van der Waals surface area (Å²) in [5.74, 6) is -0.768. The van der Waals surface area contributed by atoms with Gasteiger partial charge in [-0.3, -0.25) is 4.79 Å². The van der Waals surface area contributed by atoms with Gasteiger partial charge >= 0.3 is 0 Å². The number of rotatable bonds is 8. The standard InChI is InChI=1S/C34H29Cl2N3O4S/c1-20-11-13-21(14-12-20)30(31-33(40)25-8-4-6-10-28(25)39(2)34(31)41)32-24(23-7-3-5-9-27(23)38-32)17-18-37-44(42,43)29-19-22(35)15-16-26(29)36/h3-16,19,30,37-38,40H,17-18H2,1-2H3. The average Bonchev–Trinajstić information content (AvgIpc) is 3.37. The van der Waals surface area contributed by atoms with Crippen molar-refractivity contribution in [1.82, 2.24) is 14.3 Å². The first kappa shape index (κ1) is 30.0. The summed E-state index contributed by atoms with van der Waals surface area (Å²) in [7, 11) is -2.28. The van der Waals surface area contributed by atoms with E-state index in [9.17, 15) is 18.3 Å². The summed E-state index contributed by atoms with van der Waals surface area (Å²) in [4.78, 5) is 17.4. The van der Waals surface area contributed by atoms with E-state index in [1.807, 2.05) is 67.6 Å². The van der Waals surface area contributed by atoms with Crippen LogP contribution in [0, 0.1) is 6.92 Å². The first-order chi connectivity index (χ1) is 21.1. The summed E-state index contributed by atoms with van der Waals surface area (Å²) in [6.45, 7) is 2.03. The van der Waals surface area contributed by atoms with Crippen LogP contribution < -0.4 is 10.3 Å². The fourth-order valence-electron chi connectivity index (χ4n) is 5.81. The van der Waals surface area contributed by atoms with Gasteiger partial charge in [-0.25, -0.2) is 13.1 Å². The van der Waals surface area contributed by atoms with E-state index >= 15 is 0 Å². The Morgan fingerprint density at radius 2 is 1.61 bits per heavy atom. The number of aromatic amines is 1. The van der Waals surface area contributed by atoms with Crippen molar-refractivity contribution in [3.8, 4) is 5.75 Å². The van der Waals surface area contributed by atoms with E-state index in [1.54, 1.807) is 23.7 Å². The molecule has 0 bridgehead atoms. The number of hydrogen-bond acceptors (Lipinski definition) is 4. The zero-order valence-corrected chi connectivity index (χ0v) is 26.3. The van der Waals surface area contributed by atoms with Crippen molar-refractivity contribution < 1.29 is 13.5 Å². The van der Waals surface area contributed by atoms with Gasteiger partial charge in [0.15, 0.2) is 0 Å². The molecule has 0 amide bonds. The molecule has 6 rings (SSSR count). The fraction of sp³-hybridized carbons (Fsp3) is 0.147. The van der Waals surface area contributed by atoms with E-state index in [0.717, 1.165) is 27.6 Å². The van der Waals surface area contributed by atoms with Crippen molar-refractivity contribution in [2.24, 2.45) is 7.05 Å². The molecule has 224 valence electrons. The van der Waals surface area contributed by atoms with Gasteiger partial charge in [-0.15, -0.1) is 0 Å². The Hall–Kier alpha value is -4.08. The van der Waals surface area contributed by atoms with Crippen LogP contribution in [0.4, 0.5) is 0 Å². The van der Waals surface area contributed by atoms with E-state index in [0.29, 0.717) is 16.6 Å². The molecule has 0 radical (unpaired) electrons. The van der Waals surface area contributed by atoms with E-state index in [4.69, 9.17) is 23.2 Å². The maximum Gasteiger partial charge on any atom is 0.258 e. The average molecular weight is 647 g/mol. The molecular formula is C34H29Cl2N3O4S. The molecule has 3 N–H and O–H groups in total. The SMILES string of the molecule is Cc1ccc(C(c2[nH]c3ccccc3c2CCNS(=O)(=O)c2cc(Cl)ccc2Cl)c2c(O)c3ccccc3n(C)c2=O)cc1. The van der Waals surface area contributed by atoms with E-state index in [1.165, 1.54) is 18.2 Å². The fourth-order valence-corrected chi connectivity index (χ4v) is 7.60. The molecule has 1 unspecified atom stereocenters. The molecule has 0 aliphatic rings. The van der Waals surface area contributed by atoms with Crippen LogP contribution in [0.25, 0.3) is 21.8 Å². The van der Waals surface area contributed by atoms with Gasteiger partial charge in [0.05, 0.1) is 22.0 Å². The van der Waals surface area contributed by atoms with Gasteiger partial charge in [-0.05, 0) is 60.9 Å². The number of nitrogens with one attached hydrogen (secondary N) is 2. The monoisotopic (exact) mass is 645 g/mol. The van der Waals surface area contributed by atoms with Gasteiger partial charge in [0.2, 0.25) is 10.0 Å². The van der Waals surface area contributed by atoms with Gasteiger partial charge in [0.25, 0.3) is 5.56 Å². The first-order valence-corrected chi connectivity index (χ1v) is 16.2. The Kier molecular flexibility index (Phi) is 8.02. The Morgan fingerprint density at radius 1 is 0.932 bits per heavy atom. The first-order valence-electron chi connectivity index (χ1n) is 14.0. The number of para-hydroxylation sites is 2. The lowest BCUT2D eigenvalue weighted by molar-refractivity contribution is 0.470. The highest BCUT2D eigenvalue weighted by molar-refractivity contribution is 7.89. The second kappa shape index (κ2) is 11.8. The third kappa shape index (κ3) is 5.39. The topological polar surface area (TPSA) is 104 Å². The van der Waals surface area contributed by atoms with Crippen LogP contribution >= 0.6 is 23.2 Å². The van der Waals surface area contributed by atoms with Crippen molar-refractivity contribution in [2.75, 3.05) is 6.54 Å². The van der Waals surface area contributed by atoms with E-state index < -0.39 is 15.9 Å². The number of fused-ring (bicyclic) bond motifs is 2. The molecule has 0 aliphatic heterocycles. The Balaban J connectivity index is 1.51. The molecule has 0 aliphatic carbocycles. The second-order valence-electron chi connectivity index (χ2n) is 10.8. The van der Waals surface area contributed by atoms with Gasteiger partial charge in [0.1, 0.15) is 10.6 Å². The van der Waals surface area contributed by atoms with Gasteiger partial charge in [-0.1, -0.05) is 83.4 Å². The number of aryl methyl sites for hydroxylation is 2. The van der Waals surface area contributed by atoms with Crippen molar-refractivity contribution in [1.29, 1.82) is 0 Å². The Labute approximate surface area is 264 Å². The number of halogens is 2. The largest absolute Gasteiger partial charge is 0.507 e. The van der Waals surface area contributed by atoms with Crippen LogP contribution in [0.1, 0.15) is 33.9 Å². The van der Waals surface area contributed by atoms with Crippen LogP contribution in [-0.2, 0) is 23.5 Å².